The molecular weight excluding hydrogens is 501 g/mol. The molecule has 3 aromatic rings. The van der Waals surface area contributed by atoms with Crippen molar-refractivity contribution in [3.05, 3.63) is 53.8 Å². The number of nitrogens with zero attached hydrogens (tertiary/aromatic N) is 3. The number of carbonyl (C=O) groups excluding carboxylic acids is 1. The van der Waals surface area contributed by atoms with E-state index < -0.39 is 27.3 Å². The predicted octanol–water partition coefficient (Wildman–Crippen LogP) is 0.277. The largest absolute Gasteiger partial charge is 1.00 e. The smallest absolute Gasteiger partial charge is 0.244 e. The van der Waals surface area contributed by atoms with Crippen LogP contribution in [0.1, 0.15) is 12.0 Å². The highest BCUT2D eigenvalue weighted by Gasteiger charge is 2.27. The highest BCUT2D eigenvalue weighted by atomic mass is 35.5. The Kier molecular flexibility index (Phi) is 9.00. The average molecular weight is 527 g/mol. The minimum Gasteiger partial charge on any atom is -1.00 e. The van der Waals surface area contributed by atoms with E-state index in [0.717, 1.165) is 47.5 Å². The number of anilines is 1. The fourth-order valence-corrected chi connectivity index (χ4v) is 6.05. The quantitative estimate of drug-likeness (QED) is 0.392. The normalized spacial score (nSPS) is 14.6. The summed E-state index contributed by atoms with van der Waals surface area (Å²) in [6, 6.07) is 10.3. The molecule has 1 aliphatic rings. The van der Waals surface area contributed by atoms with Gasteiger partial charge in [0.1, 0.15) is 11.6 Å². The number of hydrogen-bond acceptors (Lipinski definition) is 7. The number of ether oxygens (including phenoxy) is 1. The molecule has 0 bridgehead atoms. The minimum absolute atomic E-state index is 0. The molecule has 34 heavy (non-hydrogen) atoms. The molecule has 1 fully saturated rings. The Bertz CT molecular complexity index is 1230. The molecule has 2 aromatic carbocycles. The van der Waals surface area contributed by atoms with Crippen LogP contribution in [0.5, 0.6) is 0 Å². The molecule has 1 amide bonds. The van der Waals surface area contributed by atoms with Gasteiger partial charge in [0.25, 0.3) is 0 Å². The molecule has 11 heteroatoms. The summed E-state index contributed by atoms with van der Waals surface area (Å²) >= 11 is 1.37. The number of fused-ring (bicyclic) bond motifs is 1. The molecule has 7 nitrogen and oxygen atoms in total. The van der Waals surface area contributed by atoms with Gasteiger partial charge in [0.2, 0.25) is 5.91 Å². The van der Waals surface area contributed by atoms with E-state index in [0.29, 0.717) is 31.3 Å². The molecule has 1 aliphatic heterocycles. The molecule has 0 aliphatic carbocycles. The second-order valence-electron chi connectivity index (χ2n) is 7.98. The molecule has 4 rings (SSSR count). The molecule has 184 valence electrons. The zero-order valence-electron chi connectivity index (χ0n) is 18.7. The van der Waals surface area contributed by atoms with Crippen LogP contribution in [0.15, 0.2) is 47.4 Å². The number of aromatic nitrogens is 1. The van der Waals surface area contributed by atoms with Crippen molar-refractivity contribution in [2.75, 3.05) is 50.0 Å². The number of carbonyl (C=O) groups is 1. The van der Waals surface area contributed by atoms with Crippen LogP contribution in [0.2, 0.25) is 0 Å². The highest BCUT2D eigenvalue weighted by molar-refractivity contribution is 7.92. The molecular formula is C23H26ClFN3O4S2-. The number of amides is 1. The van der Waals surface area contributed by atoms with Gasteiger partial charge in [0.05, 0.1) is 28.3 Å². The van der Waals surface area contributed by atoms with Crippen molar-refractivity contribution in [3.8, 4) is 0 Å². The summed E-state index contributed by atoms with van der Waals surface area (Å²) in [6.07, 6.45) is 0.678. The van der Waals surface area contributed by atoms with Gasteiger partial charge < -0.3 is 17.1 Å². The summed E-state index contributed by atoms with van der Waals surface area (Å²) in [5.74, 6) is -1.78. The van der Waals surface area contributed by atoms with Crippen molar-refractivity contribution in [1.29, 1.82) is 0 Å². The fourth-order valence-electron chi connectivity index (χ4n) is 3.76. The number of morpholine rings is 1. The summed E-state index contributed by atoms with van der Waals surface area (Å²) < 4.78 is 45.2. The molecule has 0 spiro atoms. The molecule has 0 N–H and O–H groups in total. The van der Waals surface area contributed by atoms with Gasteiger partial charge in [-0.25, -0.2) is 17.8 Å². The molecule has 1 saturated heterocycles. The van der Waals surface area contributed by atoms with E-state index in [-0.39, 0.29) is 17.3 Å². The molecule has 0 atom stereocenters. The Balaban J connectivity index is 0.00000324. The number of aryl methyl sites for hydroxylation is 1. The van der Waals surface area contributed by atoms with Crippen molar-refractivity contribution in [3.63, 3.8) is 0 Å². The first-order valence-electron chi connectivity index (χ1n) is 10.8. The second-order valence-corrected chi connectivity index (χ2v) is 11.0. The van der Waals surface area contributed by atoms with Crippen LogP contribution in [0, 0.1) is 12.7 Å². The summed E-state index contributed by atoms with van der Waals surface area (Å²) in [7, 11) is -3.92. The first kappa shape index (κ1) is 26.5. The maximum Gasteiger partial charge on any atom is 0.244 e. The van der Waals surface area contributed by atoms with Crippen LogP contribution >= 0.6 is 11.3 Å². The van der Waals surface area contributed by atoms with Crippen molar-refractivity contribution < 1.29 is 34.7 Å². The summed E-state index contributed by atoms with van der Waals surface area (Å²) in [5, 5.41) is 0.487. The highest BCUT2D eigenvalue weighted by Crippen LogP contribution is 2.31. The van der Waals surface area contributed by atoms with E-state index in [4.69, 9.17) is 4.74 Å². The Morgan fingerprint density at radius 1 is 1.18 bits per heavy atom. The Morgan fingerprint density at radius 2 is 1.88 bits per heavy atom. The Hall–Kier alpha value is -2.11. The van der Waals surface area contributed by atoms with Crippen LogP contribution in [0.3, 0.4) is 0 Å². The molecule has 0 radical (unpaired) electrons. The van der Waals surface area contributed by atoms with Crippen molar-refractivity contribution in [1.82, 2.24) is 9.88 Å². The maximum atomic E-state index is 13.2. The van der Waals surface area contributed by atoms with E-state index in [9.17, 15) is 17.6 Å². The number of hydrogen-bond donors (Lipinski definition) is 0. The topological polar surface area (TPSA) is 79.8 Å². The van der Waals surface area contributed by atoms with Gasteiger partial charge in [-0.1, -0.05) is 23.5 Å². The first-order chi connectivity index (χ1) is 15.8. The molecule has 0 unspecified atom stereocenters. The van der Waals surface area contributed by atoms with Crippen LogP contribution in [0.4, 0.5) is 9.52 Å². The fraction of sp³-hybridized carbons (Fsp3) is 0.391. The minimum atomic E-state index is -3.92. The zero-order valence-corrected chi connectivity index (χ0v) is 21.1. The summed E-state index contributed by atoms with van der Waals surface area (Å²) in [4.78, 5) is 21.6. The van der Waals surface area contributed by atoms with Crippen LogP contribution in [-0.2, 0) is 19.4 Å². The van der Waals surface area contributed by atoms with Gasteiger partial charge in [-0.2, -0.15) is 0 Å². The number of sulfone groups is 1. The first-order valence-corrected chi connectivity index (χ1v) is 13.3. The van der Waals surface area contributed by atoms with Crippen molar-refractivity contribution in [2.45, 2.75) is 18.2 Å². The van der Waals surface area contributed by atoms with Gasteiger partial charge in [0, 0.05) is 26.2 Å². The van der Waals surface area contributed by atoms with Gasteiger partial charge in [-0.05, 0) is 49.2 Å². The lowest BCUT2D eigenvalue weighted by atomic mass is 10.2. The van der Waals surface area contributed by atoms with Crippen LogP contribution in [-0.4, -0.2) is 69.4 Å². The van der Waals surface area contributed by atoms with E-state index >= 15 is 0 Å². The number of halogens is 2. The summed E-state index contributed by atoms with van der Waals surface area (Å²) in [5.41, 5.74) is 1.81. The molecule has 2 heterocycles. The van der Waals surface area contributed by atoms with Gasteiger partial charge in [-0.3, -0.25) is 14.6 Å². The van der Waals surface area contributed by atoms with Crippen molar-refractivity contribution >= 4 is 42.4 Å². The maximum absolute atomic E-state index is 13.2. The van der Waals surface area contributed by atoms with E-state index in [1.54, 1.807) is 0 Å². The lowest BCUT2D eigenvalue weighted by molar-refractivity contribution is -0.116. The third kappa shape index (κ3) is 6.31. The van der Waals surface area contributed by atoms with Gasteiger partial charge in [0.15, 0.2) is 15.0 Å². The third-order valence-electron chi connectivity index (χ3n) is 5.59. The second kappa shape index (κ2) is 11.5. The SMILES string of the molecule is Cc1cccc2sc(N(CCCN3CCOCC3)C(=O)CS(=O)(=O)c3ccc(F)cc3)nc12.[Cl-]. The average Bonchev–Trinajstić information content (AvgIpc) is 3.22. The van der Waals surface area contributed by atoms with Crippen LogP contribution < -0.4 is 17.3 Å². The van der Waals surface area contributed by atoms with E-state index in [1.165, 1.54) is 28.4 Å². The van der Waals surface area contributed by atoms with Crippen molar-refractivity contribution in [2.24, 2.45) is 0 Å². The van der Waals surface area contributed by atoms with Gasteiger partial charge >= 0.3 is 0 Å². The number of thiazole rings is 1. The van der Waals surface area contributed by atoms with Gasteiger partial charge in [-0.15, -0.1) is 0 Å². The summed E-state index contributed by atoms with van der Waals surface area (Å²) in [6.45, 7) is 6.15. The number of benzene rings is 2. The van der Waals surface area contributed by atoms with Crippen LogP contribution in [0.25, 0.3) is 10.2 Å². The number of para-hydroxylation sites is 1. The standard InChI is InChI=1S/C23H26FN3O4S2.ClH/c1-17-4-2-5-20-22(17)25-23(32-20)27(11-3-10-26-12-14-31-15-13-26)21(28)16-33(29,30)19-8-6-18(24)7-9-19;/h2,4-9H,3,10-16H2,1H3;1H/p-1. The lowest BCUT2D eigenvalue weighted by Crippen LogP contribution is -3.00. The van der Waals surface area contributed by atoms with E-state index in [2.05, 4.69) is 9.88 Å². The Morgan fingerprint density at radius 3 is 2.56 bits per heavy atom. The lowest BCUT2D eigenvalue weighted by Gasteiger charge is -2.27. The molecule has 0 saturated carbocycles. The molecule has 1 aromatic heterocycles. The van der Waals surface area contributed by atoms with E-state index in [1.807, 2.05) is 25.1 Å². The third-order valence-corrected chi connectivity index (χ3v) is 8.25. The predicted molar refractivity (Wildman–Crippen MR) is 127 cm³/mol. The Labute approximate surface area is 208 Å². The monoisotopic (exact) mass is 526 g/mol. The number of rotatable bonds is 8. The zero-order chi connectivity index (χ0) is 23.4.